The van der Waals surface area contributed by atoms with Crippen molar-refractivity contribution in [1.82, 2.24) is 4.98 Å². The van der Waals surface area contributed by atoms with Gasteiger partial charge < -0.3 is 11.1 Å². The summed E-state index contributed by atoms with van der Waals surface area (Å²) in [6.07, 6.45) is 0.857. The Bertz CT molecular complexity index is 667. The van der Waals surface area contributed by atoms with Crippen LogP contribution in [-0.4, -0.2) is 10.9 Å². The lowest BCUT2D eigenvalue weighted by atomic mass is 10.1. The number of halogens is 1. The van der Waals surface area contributed by atoms with Crippen molar-refractivity contribution < 1.29 is 4.79 Å². The molecule has 0 bridgehead atoms. The van der Waals surface area contributed by atoms with E-state index in [4.69, 9.17) is 5.73 Å². The Kier molecular flexibility index (Phi) is 6.38. The summed E-state index contributed by atoms with van der Waals surface area (Å²) in [5.41, 5.74) is 8.84. The quantitative estimate of drug-likeness (QED) is 0.820. The molecular weight excluding hydrogens is 318 g/mol. The molecule has 1 amide bonds. The van der Waals surface area contributed by atoms with Crippen LogP contribution in [0.15, 0.2) is 18.2 Å². The Balaban J connectivity index is 0.00000242. The standard InChI is InChI=1S/C16H21N3OS.ClH/c1-9(2)7-14-16(21-11(4)18-14)19-15(20)13-8-12(17)6-5-10(13)3;/h5-6,8-9H,7,17H2,1-4H3,(H,19,20);1H. The van der Waals surface area contributed by atoms with E-state index < -0.39 is 0 Å². The van der Waals surface area contributed by atoms with Crippen LogP contribution in [0.3, 0.4) is 0 Å². The number of nitrogens with zero attached hydrogens (tertiary/aromatic N) is 1. The molecule has 0 radical (unpaired) electrons. The van der Waals surface area contributed by atoms with E-state index in [2.05, 4.69) is 24.1 Å². The third kappa shape index (κ3) is 4.45. The van der Waals surface area contributed by atoms with Crippen LogP contribution < -0.4 is 11.1 Å². The highest BCUT2D eigenvalue weighted by molar-refractivity contribution is 7.16. The molecule has 1 heterocycles. The Hall–Kier alpha value is -1.59. The second-order valence-corrected chi connectivity index (χ2v) is 6.84. The molecule has 1 aromatic heterocycles. The lowest BCUT2D eigenvalue weighted by Crippen LogP contribution is -2.14. The number of thiazole rings is 1. The van der Waals surface area contributed by atoms with Gasteiger partial charge in [0.05, 0.1) is 10.7 Å². The Morgan fingerprint density at radius 2 is 2.05 bits per heavy atom. The summed E-state index contributed by atoms with van der Waals surface area (Å²) >= 11 is 1.52. The maximum absolute atomic E-state index is 12.4. The van der Waals surface area contributed by atoms with Crippen LogP contribution in [0.25, 0.3) is 0 Å². The summed E-state index contributed by atoms with van der Waals surface area (Å²) in [5.74, 6) is 0.365. The van der Waals surface area contributed by atoms with Gasteiger partial charge in [-0.25, -0.2) is 4.98 Å². The minimum absolute atomic E-state index is 0. The lowest BCUT2D eigenvalue weighted by Gasteiger charge is -2.09. The Morgan fingerprint density at radius 3 is 2.68 bits per heavy atom. The van der Waals surface area contributed by atoms with Gasteiger partial charge in [0.25, 0.3) is 5.91 Å². The van der Waals surface area contributed by atoms with Crippen molar-refractivity contribution >= 4 is 40.3 Å². The largest absolute Gasteiger partial charge is 0.399 e. The minimum Gasteiger partial charge on any atom is -0.399 e. The lowest BCUT2D eigenvalue weighted by molar-refractivity contribution is 0.102. The fourth-order valence-corrected chi connectivity index (χ4v) is 2.99. The number of amides is 1. The third-order valence-corrected chi connectivity index (χ3v) is 4.07. The maximum atomic E-state index is 12.4. The second-order valence-electron chi connectivity index (χ2n) is 5.64. The number of aromatic nitrogens is 1. The fraction of sp³-hybridized carbons (Fsp3) is 0.375. The molecule has 0 unspecified atom stereocenters. The molecule has 6 heteroatoms. The molecule has 4 nitrogen and oxygen atoms in total. The normalized spacial score (nSPS) is 10.4. The van der Waals surface area contributed by atoms with Gasteiger partial charge in [-0.3, -0.25) is 4.79 Å². The van der Waals surface area contributed by atoms with Gasteiger partial charge in [-0.2, -0.15) is 0 Å². The predicted molar refractivity (Wildman–Crippen MR) is 96.2 cm³/mol. The summed E-state index contributed by atoms with van der Waals surface area (Å²) in [4.78, 5) is 17.0. The van der Waals surface area contributed by atoms with Crippen molar-refractivity contribution in [3.05, 3.63) is 40.0 Å². The molecule has 0 saturated carbocycles. The molecule has 2 rings (SSSR count). The summed E-state index contributed by atoms with van der Waals surface area (Å²) in [6.45, 7) is 8.14. The highest BCUT2D eigenvalue weighted by Crippen LogP contribution is 2.27. The number of rotatable bonds is 4. The highest BCUT2D eigenvalue weighted by Gasteiger charge is 2.16. The SMILES string of the molecule is Cc1nc(CC(C)C)c(NC(=O)c2cc(N)ccc2C)s1.Cl. The summed E-state index contributed by atoms with van der Waals surface area (Å²) in [6, 6.07) is 5.37. The number of nitrogen functional groups attached to an aromatic ring is 1. The van der Waals surface area contributed by atoms with Gasteiger partial charge in [0.2, 0.25) is 0 Å². The van der Waals surface area contributed by atoms with Crippen LogP contribution in [0, 0.1) is 19.8 Å². The predicted octanol–water partition coefficient (Wildman–Crippen LogP) is 4.21. The Morgan fingerprint density at radius 1 is 1.36 bits per heavy atom. The summed E-state index contributed by atoms with van der Waals surface area (Å²) < 4.78 is 0. The molecule has 0 fully saturated rings. The highest BCUT2D eigenvalue weighted by atomic mass is 35.5. The fourth-order valence-electron chi connectivity index (χ4n) is 2.15. The van der Waals surface area contributed by atoms with E-state index in [-0.39, 0.29) is 18.3 Å². The zero-order chi connectivity index (χ0) is 15.6. The number of aryl methyl sites for hydroxylation is 2. The molecule has 0 atom stereocenters. The number of hydrogen-bond donors (Lipinski definition) is 2. The van der Waals surface area contributed by atoms with E-state index in [0.717, 1.165) is 27.7 Å². The summed E-state index contributed by atoms with van der Waals surface area (Å²) in [7, 11) is 0. The van der Waals surface area contributed by atoms with Crippen LogP contribution in [-0.2, 0) is 6.42 Å². The minimum atomic E-state index is -0.131. The van der Waals surface area contributed by atoms with Crippen molar-refractivity contribution in [3.8, 4) is 0 Å². The van der Waals surface area contributed by atoms with Crippen LogP contribution >= 0.6 is 23.7 Å². The van der Waals surface area contributed by atoms with E-state index in [0.29, 0.717) is 17.2 Å². The van der Waals surface area contributed by atoms with Crippen LogP contribution in [0.5, 0.6) is 0 Å². The van der Waals surface area contributed by atoms with E-state index >= 15 is 0 Å². The average Bonchev–Trinajstić information content (AvgIpc) is 2.71. The number of anilines is 2. The van der Waals surface area contributed by atoms with E-state index in [9.17, 15) is 4.79 Å². The maximum Gasteiger partial charge on any atom is 0.256 e. The van der Waals surface area contributed by atoms with E-state index in [1.165, 1.54) is 11.3 Å². The molecule has 2 aromatic rings. The zero-order valence-corrected chi connectivity index (χ0v) is 14.9. The number of benzene rings is 1. The van der Waals surface area contributed by atoms with Gasteiger partial charge >= 0.3 is 0 Å². The summed E-state index contributed by atoms with van der Waals surface area (Å²) in [5, 5.41) is 4.79. The van der Waals surface area contributed by atoms with Gasteiger partial charge in [0.1, 0.15) is 5.00 Å². The first-order valence-electron chi connectivity index (χ1n) is 7.00. The van der Waals surface area contributed by atoms with Crippen molar-refractivity contribution in [2.45, 2.75) is 34.1 Å². The van der Waals surface area contributed by atoms with Crippen molar-refractivity contribution in [1.29, 1.82) is 0 Å². The van der Waals surface area contributed by atoms with Gasteiger partial charge in [-0.1, -0.05) is 19.9 Å². The van der Waals surface area contributed by atoms with E-state index in [1.807, 2.05) is 19.9 Å². The second kappa shape index (κ2) is 7.61. The zero-order valence-electron chi connectivity index (χ0n) is 13.3. The van der Waals surface area contributed by atoms with Gasteiger partial charge in [-0.05, 0) is 43.9 Å². The monoisotopic (exact) mass is 339 g/mol. The van der Waals surface area contributed by atoms with Gasteiger partial charge in [-0.15, -0.1) is 23.7 Å². The number of carbonyl (C=O) groups is 1. The Labute approximate surface area is 141 Å². The molecule has 0 aliphatic rings. The topological polar surface area (TPSA) is 68.0 Å². The first-order chi connectivity index (χ1) is 9.86. The van der Waals surface area contributed by atoms with Gasteiger partial charge in [0.15, 0.2) is 0 Å². The molecule has 22 heavy (non-hydrogen) atoms. The first-order valence-corrected chi connectivity index (χ1v) is 7.82. The van der Waals surface area contributed by atoms with E-state index in [1.54, 1.807) is 12.1 Å². The smallest absolute Gasteiger partial charge is 0.256 e. The number of nitrogens with two attached hydrogens (primary N) is 1. The molecule has 0 saturated heterocycles. The van der Waals surface area contributed by atoms with Crippen LogP contribution in [0.2, 0.25) is 0 Å². The molecule has 3 N–H and O–H groups in total. The first kappa shape index (κ1) is 18.5. The molecule has 0 aliphatic heterocycles. The molecule has 0 aliphatic carbocycles. The van der Waals surface area contributed by atoms with Crippen molar-refractivity contribution in [2.75, 3.05) is 11.1 Å². The number of carbonyl (C=O) groups excluding carboxylic acids is 1. The van der Waals surface area contributed by atoms with Crippen molar-refractivity contribution in [2.24, 2.45) is 5.92 Å². The average molecular weight is 340 g/mol. The molecule has 120 valence electrons. The molecular formula is C16H22ClN3OS. The van der Waals surface area contributed by atoms with Crippen LogP contribution in [0.1, 0.15) is 40.5 Å². The van der Waals surface area contributed by atoms with Crippen molar-refractivity contribution in [3.63, 3.8) is 0 Å². The van der Waals surface area contributed by atoms with Gasteiger partial charge in [0, 0.05) is 11.3 Å². The third-order valence-electron chi connectivity index (χ3n) is 3.14. The van der Waals surface area contributed by atoms with Crippen LogP contribution in [0.4, 0.5) is 10.7 Å². The number of nitrogens with one attached hydrogen (secondary N) is 1. The number of hydrogen-bond acceptors (Lipinski definition) is 4. The molecule has 1 aromatic carbocycles. The molecule has 0 spiro atoms.